The number of aryl methyl sites for hydroxylation is 1. The van der Waals surface area contributed by atoms with Gasteiger partial charge in [-0.25, -0.2) is 4.98 Å². The zero-order chi connectivity index (χ0) is 11.1. The summed E-state index contributed by atoms with van der Waals surface area (Å²) >= 11 is 0. The number of hydrogen-bond donors (Lipinski definition) is 1. The molecule has 0 aliphatic heterocycles. The van der Waals surface area contributed by atoms with Crippen LogP contribution in [0.2, 0.25) is 0 Å². The molecule has 1 N–H and O–H groups in total. The van der Waals surface area contributed by atoms with E-state index in [2.05, 4.69) is 35.0 Å². The topological polar surface area (TPSA) is 29.9 Å². The van der Waals surface area contributed by atoms with Crippen molar-refractivity contribution in [3.8, 4) is 0 Å². The van der Waals surface area contributed by atoms with E-state index >= 15 is 0 Å². The molecule has 0 aromatic carbocycles. The van der Waals surface area contributed by atoms with Crippen LogP contribution >= 0.6 is 0 Å². The van der Waals surface area contributed by atoms with Gasteiger partial charge in [0.05, 0.1) is 6.04 Å². The van der Waals surface area contributed by atoms with Crippen molar-refractivity contribution in [3.05, 3.63) is 18.2 Å². The lowest BCUT2D eigenvalue weighted by Gasteiger charge is -2.24. The van der Waals surface area contributed by atoms with Crippen LogP contribution < -0.4 is 5.32 Å². The van der Waals surface area contributed by atoms with Crippen molar-refractivity contribution in [3.63, 3.8) is 0 Å². The monoisotopic (exact) mass is 219 g/mol. The summed E-state index contributed by atoms with van der Waals surface area (Å²) in [6, 6.07) is 0.461. The van der Waals surface area contributed by atoms with Crippen LogP contribution in [0.15, 0.2) is 12.4 Å². The van der Waals surface area contributed by atoms with Crippen molar-refractivity contribution in [2.24, 2.45) is 17.8 Å². The highest BCUT2D eigenvalue weighted by molar-refractivity contribution is 5.07. The average molecular weight is 219 g/mol. The predicted octanol–water partition coefficient (Wildman–Crippen LogP) is 2.21. The normalized spacial score (nSPS) is 33.8. The molecule has 3 nitrogen and oxygen atoms in total. The Morgan fingerprint density at radius 1 is 1.44 bits per heavy atom. The second-order valence-electron chi connectivity index (χ2n) is 5.33. The molecule has 3 heteroatoms. The van der Waals surface area contributed by atoms with Crippen LogP contribution in [0.4, 0.5) is 0 Å². The Labute approximate surface area is 97.3 Å². The molecule has 0 saturated heterocycles. The fraction of sp³-hybridized carbons (Fsp3) is 0.769. The van der Waals surface area contributed by atoms with Gasteiger partial charge in [-0.1, -0.05) is 0 Å². The lowest BCUT2D eigenvalue weighted by atomic mass is 9.94. The van der Waals surface area contributed by atoms with Gasteiger partial charge in [-0.15, -0.1) is 0 Å². The lowest BCUT2D eigenvalue weighted by molar-refractivity contribution is 0.338. The summed E-state index contributed by atoms with van der Waals surface area (Å²) in [6.45, 7) is 3.21. The fourth-order valence-electron chi connectivity index (χ4n) is 3.48. The van der Waals surface area contributed by atoms with Gasteiger partial charge in [0.25, 0.3) is 0 Å². The molecule has 88 valence electrons. The molecule has 2 saturated carbocycles. The number of imidazole rings is 1. The molecule has 3 rings (SSSR count). The minimum Gasteiger partial charge on any atom is -0.334 e. The molecule has 2 fully saturated rings. The van der Waals surface area contributed by atoms with E-state index in [0.29, 0.717) is 6.04 Å². The number of hydrogen-bond acceptors (Lipinski definition) is 2. The van der Waals surface area contributed by atoms with E-state index < -0.39 is 0 Å². The standard InChI is InChI=1S/C13H21N3/c1-3-16-5-4-15-13(16)12(14-2)11-7-9-6-10(9)8-11/h4-5,9-12,14H,3,6-8H2,1-2H3. The number of aromatic nitrogens is 2. The maximum absolute atomic E-state index is 4.54. The van der Waals surface area contributed by atoms with Gasteiger partial charge >= 0.3 is 0 Å². The Morgan fingerprint density at radius 3 is 2.81 bits per heavy atom. The van der Waals surface area contributed by atoms with Gasteiger partial charge in [0.15, 0.2) is 0 Å². The van der Waals surface area contributed by atoms with Crippen LogP contribution in [-0.2, 0) is 6.54 Å². The second-order valence-corrected chi connectivity index (χ2v) is 5.33. The minimum absolute atomic E-state index is 0.461. The third-order valence-corrected chi connectivity index (χ3v) is 4.43. The van der Waals surface area contributed by atoms with Crippen molar-refractivity contribution in [2.75, 3.05) is 7.05 Å². The van der Waals surface area contributed by atoms with Gasteiger partial charge in [-0.2, -0.15) is 0 Å². The molecule has 1 aromatic heterocycles. The van der Waals surface area contributed by atoms with Crippen LogP contribution in [0.25, 0.3) is 0 Å². The van der Waals surface area contributed by atoms with Crippen LogP contribution in [0.5, 0.6) is 0 Å². The number of rotatable bonds is 4. The van der Waals surface area contributed by atoms with E-state index in [0.717, 1.165) is 24.3 Å². The molecule has 3 unspecified atom stereocenters. The fourth-order valence-corrected chi connectivity index (χ4v) is 3.48. The molecule has 3 atom stereocenters. The maximum atomic E-state index is 4.54. The summed E-state index contributed by atoms with van der Waals surface area (Å²) in [5.41, 5.74) is 0. The van der Waals surface area contributed by atoms with E-state index in [1.807, 2.05) is 6.20 Å². The molecule has 2 aliphatic rings. The van der Waals surface area contributed by atoms with Crippen LogP contribution in [0, 0.1) is 17.8 Å². The number of fused-ring (bicyclic) bond motifs is 1. The summed E-state index contributed by atoms with van der Waals surface area (Å²) in [5, 5.41) is 3.48. The Kier molecular flexibility index (Phi) is 2.51. The van der Waals surface area contributed by atoms with E-state index in [-0.39, 0.29) is 0 Å². The molecular weight excluding hydrogens is 198 g/mol. The van der Waals surface area contributed by atoms with Gasteiger partial charge in [-0.05, 0) is 51.0 Å². The summed E-state index contributed by atoms with van der Waals surface area (Å²) in [4.78, 5) is 4.54. The van der Waals surface area contributed by atoms with E-state index in [9.17, 15) is 0 Å². The quantitative estimate of drug-likeness (QED) is 0.841. The highest BCUT2D eigenvalue weighted by atomic mass is 15.1. The van der Waals surface area contributed by atoms with Gasteiger partial charge in [0.2, 0.25) is 0 Å². The van der Waals surface area contributed by atoms with Crippen LogP contribution in [0.3, 0.4) is 0 Å². The Balaban J connectivity index is 1.79. The zero-order valence-electron chi connectivity index (χ0n) is 10.2. The van der Waals surface area contributed by atoms with Gasteiger partial charge < -0.3 is 9.88 Å². The van der Waals surface area contributed by atoms with Crippen molar-refractivity contribution in [2.45, 2.75) is 38.8 Å². The smallest absolute Gasteiger partial charge is 0.126 e. The Morgan fingerprint density at radius 2 is 2.19 bits per heavy atom. The molecule has 0 amide bonds. The van der Waals surface area contributed by atoms with E-state index in [1.54, 1.807) is 0 Å². The first-order chi connectivity index (χ1) is 7.83. The molecule has 1 heterocycles. The third kappa shape index (κ3) is 1.58. The zero-order valence-corrected chi connectivity index (χ0v) is 10.2. The first-order valence-corrected chi connectivity index (χ1v) is 6.51. The highest BCUT2D eigenvalue weighted by Crippen LogP contribution is 2.56. The van der Waals surface area contributed by atoms with E-state index in [4.69, 9.17) is 0 Å². The average Bonchev–Trinajstić information content (AvgIpc) is 2.76. The molecule has 0 radical (unpaired) electrons. The molecule has 0 bridgehead atoms. The Hall–Kier alpha value is -0.830. The molecule has 2 aliphatic carbocycles. The first kappa shape index (κ1) is 10.3. The Bertz CT molecular complexity index is 361. The third-order valence-electron chi connectivity index (χ3n) is 4.43. The number of nitrogens with zero attached hydrogens (tertiary/aromatic N) is 2. The van der Waals surface area contributed by atoms with Crippen molar-refractivity contribution >= 4 is 0 Å². The lowest BCUT2D eigenvalue weighted by Crippen LogP contribution is -2.27. The predicted molar refractivity (Wildman–Crippen MR) is 64.0 cm³/mol. The SMILES string of the molecule is CCn1ccnc1C(NC)C1CC2CC2C1. The first-order valence-electron chi connectivity index (χ1n) is 6.51. The van der Waals surface area contributed by atoms with Crippen LogP contribution in [-0.4, -0.2) is 16.6 Å². The van der Waals surface area contributed by atoms with Crippen molar-refractivity contribution in [1.29, 1.82) is 0 Å². The van der Waals surface area contributed by atoms with Gasteiger partial charge in [-0.3, -0.25) is 0 Å². The largest absolute Gasteiger partial charge is 0.334 e. The molecule has 0 spiro atoms. The molecule has 16 heavy (non-hydrogen) atoms. The second kappa shape index (κ2) is 3.88. The van der Waals surface area contributed by atoms with Crippen LogP contribution in [0.1, 0.15) is 38.1 Å². The summed E-state index contributed by atoms with van der Waals surface area (Å²) in [7, 11) is 2.07. The molecule has 1 aromatic rings. The van der Waals surface area contributed by atoms with Gasteiger partial charge in [0, 0.05) is 18.9 Å². The highest BCUT2D eigenvalue weighted by Gasteiger charge is 2.48. The maximum Gasteiger partial charge on any atom is 0.126 e. The summed E-state index contributed by atoms with van der Waals surface area (Å²) < 4.78 is 2.27. The molecular formula is C13H21N3. The van der Waals surface area contributed by atoms with Crippen molar-refractivity contribution in [1.82, 2.24) is 14.9 Å². The minimum atomic E-state index is 0.461. The number of nitrogens with one attached hydrogen (secondary N) is 1. The van der Waals surface area contributed by atoms with E-state index in [1.165, 1.54) is 25.1 Å². The van der Waals surface area contributed by atoms with Crippen molar-refractivity contribution < 1.29 is 0 Å². The summed E-state index contributed by atoms with van der Waals surface area (Å²) in [5.74, 6) is 4.13. The van der Waals surface area contributed by atoms with Gasteiger partial charge in [0.1, 0.15) is 5.82 Å². The summed E-state index contributed by atoms with van der Waals surface area (Å²) in [6.07, 6.45) is 8.34.